The molecule has 9 heteroatoms. The van der Waals surface area contributed by atoms with Crippen LogP contribution in [0.25, 0.3) is 0 Å². The maximum atomic E-state index is 13.0. The predicted octanol–water partition coefficient (Wildman–Crippen LogP) is 1.10. The molecule has 0 unspecified atom stereocenters. The van der Waals surface area contributed by atoms with E-state index in [-0.39, 0.29) is 30.0 Å². The van der Waals surface area contributed by atoms with Crippen LogP contribution in [-0.4, -0.2) is 82.1 Å². The van der Waals surface area contributed by atoms with Crippen LogP contribution in [0, 0.1) is 5.92 Å². The van der Waals surface area contributed by atoms with Crippen molar-refractivity contribution in [2.75, 3.05) is 33.2 Å². The van der Waals surface area contributed by atoms with Gasteiger partial charge < -0.3 is 15.5 Å². The van der Waals surface area contributed by atoms with Crippen molar-refractivity contribution in [1.82, 2.24) is 30.2 Å². The van der Waals surface area contributed by atoms with Gasteiger partial charge in [0.2, 0.25) is 5.91 Å². The number of rotatable bonds is 8. The van der Waals surface area contributed by atoms with Crippen molar-refractivity contribution in [1.29, 1.82) is 0 Å². The van der Waals surface area contributed by atoms with Gasteiger partial charge in [0.1, 0.15) is 11.2 Å². The normalized spacial score (nSPS) is 23.9. The molecular formula is C22H36N6O3. The summed E-state index contributed by atoms with van der Waals surface area (Å²) in [6.45, 7) is 11.4. The molecule has 2 aliphatic rings. The number of carbonyl (C=O) groups excluding carboxylic acids is 3. The molecular weight excluding hydrogens is 396 g/mol. The molecule has 2 N–H and O–H groups in total. The van der Waals surface area contributed by atoms with Crippen LogP contribution in [0.15, 0.2) is 6.07 Å². The largest absolute Gasteiger partial charge is 0.354 e. The van der Waals surface area contributed by atoms with E-state index in [9.17, 15) is 14.4 Å². The Balaban J connectivity index is 1.69. The van der Waals surface area contributed by atoms with E-state index < -0.39 is 5.54 Å². The zero-order valence-electron chi connectivity index (χ0n) is 19.4. The van der Waals surface area contributed by atoms with E-state index >= 15 is 0 Å². The number of likely N-dealkylation sites (N-methyl/N-ethyl adjacent to an activating group) is 2. The third-order valence-electron chi connectivity index (χ3n) is 6.63. The van der Waals surface area contributed by atoms with Gasteiger partial charge in [0.15, 0.2) is 5.69 Å². The highest BCUT2D eigenvalue weighted by molar-refractivity contribution is 6.01. The molecule has 1 fully saturated rings. The molecule has 9 nitrogen and oxygen atoms in total. The quantitative estimate of drug-likeness (QED) is 0.641. The zero-order valence-corrected chi connectivity index (χ0v) is 19.4. The summed E-state index contributed by atoms with van der Waals surface area (Å²) in [7, 11) is 1.63. The minimum absolute atomic E-state index is 0.206. The second-order valence-corrected chi connectivity index (χ2v) is 9.28. The zero-order chi connectivity index (χ0) is 22.8. The summed E-state index contributed by atoms with van der Waals surface area (Å²) in [5, 5.41) is 10.3. The minimum atomic E-state index is -1.06. The van der Waals surface area contributed by atoms with Crippen LogP contribution in [0.5, 0.6) is 0 Å². The number of hydrogen-bond acceptors (Lipinski definition) is 5. The highest BCUT2D eigenvalue weighted by atomic mass is 16.2. The van der Waals surface area contributed by atoms with Crippen molar-refractivity contribution >= 4 is 17.7 Å². The molecule has 1 aromatic heterocycles. The summed E-state index contributed by atoms with van der Waals surface area (Å²) in [6.07, 6.45) is 3.08. The number of nitrogens with one attached hydrogen (secondary N) is 2. The highest BCUT2D eigenvalue weighted by Crippen LogP contribution is 2.26. The Morgan fingerprint density at radius 2 is 2.06 bits per heavy atom. The number of likely N-dealkylation sites (tertiary alicyclic amines) is 1. The SMILES string of the molecule is CCN1CCC[C@@H]1CNC(=O)c1cc2n(n1)C[C@@](C)(C(=O)NCCC(C)C)N(C)C2=O. The summed E-state index contributed by atoms with van der Waals surface area (Å²) >= 11 is 0. The van der Waals surface area contributed by atoms with Crippen LogP contribution in [-0.2, 0) is 11.3 Å². The van der Waals surface area contributed by atoms with Gasteiger partial charge in [0.05, 0.1) is 6.54 Å². The fourth-order valence-electron chi connectivity index (χ4n) is 4.35. The molecule has 0 saturated carbocycles. The second-order valence-electron chi connectivity index (χ2n) is 9.28. The summed E-state index contributed by atoms with van der Waals surface area (Å²) in [5.41, 5.74) is -0.523. The lowest BCUT2D eigenvalue weighted by atomic mass is 9.95. The summed E-state index contributed by atoms with van der Waals surface area (Å²) in [4.78, 5) is 42.3. The summed E-state index contributed by atoms with van der Waals surface area (Å²) in [5.74, 6) is -0.334. The molecule has 0 aliphatic carbocycles. The van der Waals surface area contributed by atoms with Gasteiger partial charge in [-0.15, -0.1) is 0 Å². The number of hydrogen-bond donors (Lipinski definition) is 2. The molecule has 1 saturated heterocycles. The van der Waals surface area contributed by atoms with E-state index in [0.717, 1.165) is 32.4 Å². The Kier molecular flexibility index (Phi) is 7.03. The molecule has 3 heterocycles. The molecule has 172 valence electrons. The van der Waals surface area contributed by atoms with Gasteiger partial charge in [-0.3, -0.25) is 24.0 Å². The average molecular weight is 433 g/mol. The van der Waals surface area contributed by atoms with E-state index in [0.29, 0.717) is 30.7 Å². The van der Waals surface area contributed by atoms with Gasteiger partial charge in [0.25, 0.3) is 11.8 Å². The van der Waals surface area contributed by atoms with Gasteiger partial charge in [-0.05, 0) is 45.2 Å². The lowest BCUT2D eigenvalue weighted by molar-refractivity contribution is -0.132. The Bertz CT molecular complexity index is 835. The Labute approximate surface area is 184 Å². The molecule has 2 aliphatic heterocycles. The van der Waals surface area contributed by atoms with Crippen LogP contribution in [0.4, 0.5) is 0 Å². The van der Waals surface area contributed by atoms with Gasteiger partial charge >= 0.3 is 0 Å². The first-order chi connectivity index (χ1) is 14.7. The van der Waals surface area contributed by atoms with Crippen LogP contribution >= 0.6 is 0 Å². The number of carbonyl (C=O) groups is 3. The standard InChI is InChI=1S/C22H36N6O3/c1-6-27-11-7-8-16(27)13-24-19(29)17-12-18-20(30)26(5)22(4,14-28(18)25-17)21(31)23-10-9-15(2)3/h12,15-16H,6-11,13-14H2,1-5H3,(H,23,31)(H,24,29)/t16-,22+/m1/s1. The van der Waals surface area contributed by atoms with Gasteiger partial charge in [-0.25, -0.2) is 0 Å². The number of fused-ring (bicyclic) bond motifs is 1. The van der Waals surface area contributed by atoms with E-state index in [4.69, 9.17) is 0 Å². The Hall–Kier alpha value is -2.42. The summed E-state index contributed by atoms with van der Waals surface area (Å²) in [6, 6.07) is 1.87. The van der Waals surface area contributed by atoms with Crippen molar-refractivity contribution in [3.8, 4) is 0 Å². The van der Waals surface area contributed by atoms with E-state index in [1.165, 1.54) is 15.6 Å². The van der Waals surface area contributed by atoms with Gasteiger partial charge in [-0.1, -0.05) is 20.8 Å². The van der Waals surface area contributed by atoms with Crippen LogP contribution < -0.4 is 10.6 Å². The molecule has 31 heavy (non-hydrogen) atoms. The van der Waals surface area contributed by atoms with E-state index in [1.807, 2.05) is 0 Å². The lowest BCUT2D eigenvalue weighted by Crippen LogP contribution is -2.62. The van der Waals surface area contributed by atoms with Crippen molar-refractivity contribution in [2.24, 2.45) is 5.92 Å². The number of amides is 3. The van der Waals surface area contributed by atoms with E-state index in [1.54, 1.807) is 14.0 Å². The van der Waals surface area contributed by atoms with Crippen molar-refractivity contribution in [2.45, 2.75) is 65.1 Å². The lowest BCUT2D eigenvalue weighted by Gasteiger charge is -2.40. The Morgan fingerprint density at radius 3 is 2.74 bits per heavy atom. The van der Waals surface area contributed by atoms with Crippen molar-refractivity contribution in [3.63, 3.8) is 0 Å². The van der Waals surface area contributed by atoms with Crippen LogP contribution in [0.3, 0.4) is 0 Å². The topological polar surface area (TPSA) is 99.6 Å². The smallest absolute Gasteiger partial charge is 0.272 e. The molecule has 3 rings (SSSR count). The number of aromatic nitrogens is 2. The fourth-order valence-corrected chi connectivity index (χ4v) is 4.35. The van der Waals surface area contributed by atoms with Crippen molar-refractivity contribution in [3.05, 3.63) is 17.5 Å². The highest BCUT2D eigenvalue weighted by Gasteiger charge is 2.46. The monoisotopic (exact) mass is 432 g/mol. The van der Waals surface area contributed by atoms with Crippen molar-refractivity contribution < 1.29 is 14.4 Å². The summed E-state index contributed by atoms with van der Waals surface area (Å²) < 4.78 is 1.49. The molecule has 0 bridgehead atoms. The third kappa shape index (κ3) is 4.76. The first-order valence-corrected chi connectivity index (χ1v) is 11.3. The van der Waals surface area contributed by atoms with Gasteiger partial charge in [-0.2, -0.15) is 5.10 Å². The molecule has 3 amide bonds. The predicted molar refractivity (Wildman–Crippen MR) is 118 cm³/mol. The average Bonchev–Trinajstić information content (AvgIpc) is 3.36. The molecule has 0 aromatic carbocycles. The molecule has 2 atom stereocenters. The first kappa shape index (κ1) is 23.2. The fraction of sp³-hybridized carbons (Fsp3) is 0.727. The van der Waals surface area contributed by atoms with E-state index in [2.05, 4.69) is 41.4 Å². The van der Waals surface area contributed by atoms with Crippen LogP contribution in [0.2, 0.25) is 0 Å². The molecule has 0 radical (unpaired) electrons. The first-order valence-electron chi connectivity index (χ1n) is 11.3. The maximum absolute atomic E-state index is 13.0. The maximum Gasteiger partial charge on any atom is 0.272 e. The number of nitrogens with zero attached hydrogens (tertiary/aromatic N) is 4. The molecule has 0 spiro atoms. The third-order valence-corrected chi connectivity index (χ3v) is 6.63. The van der Waals surface area contributed by atoms with Crippen LogP contribution in [0.1, 0.15) is 67.9 Å². The molecule has 1 aromatic rings. The second kappa shape index (κ2) is 9.38. The van der Waals surface area contributed by atoms with Gasteiger partial charge in [0, 0.05) is 32.2 Å². The Morgan fingerprint density at radius 1 is 1.32 bits per heavy atom. The minimum Gasteiger partial charge on any atom is -0.354 e.